The number of likely N-dealkylation sites (N-methyl/N-ethyl adjacent to an activating group) is 1. The van der Waals surface area contributed by atoms with Crippen molar-refractivity contribution in [2.75, 3.05) is 33.2 Å². The summed E-state index contributed by atoms with van der Waals surface area (Å²) in [5.74, 6) is 1.80. The van der Waals surface area contributed by atoms with Gasteiger partial charge in [-0.05, 0) is 56.4 Å². The average molecular weight is 296 g/mol. The summed E-state index contributed by atoms with van der Waals surface area (Å²) >= 11 is 0. The Labute approximate surface area is 133 Å². The Kier molecular flexibility index (Phi) is 5.09. The molecule has 0 amide bonds. The van der Waals surface area contributed by atoms with E-state index < -0.39 is 0 Å². The summed E-state index contributed by atoms with van der Waals surface area (Å²) in [5, 5.41) is 0. The summed E-state index contributed by atoms with van der Waals surface area (Å²) in [4.78, 5) is 4.94. The van der Waals surface area contributed by atoms with Crippen molar-refractivity contribution in [3.63, 3.8) is 0 Å². The second kappa shape index (κ2) is 7.43. The summed E-state index contributed by atoms with van der Waals surface area (Å²) in [7, 11) is 2.21. The SMILES string of the molecule is CN1CCCN(Cc2cccc(Oc3ccccc3)c2)CC1. The summed E-state index contributed by atoms with van der Waals surface area (Å²) in [5.41, 5.74) is 1.32. The number of para-hydroxylation sites is 1. The minimum absolute atomic E-state index is 0.885. The predicted molar refractivity (Wildman–Crippen MR) is 90.3 cm³/mol. The van der Waals surface area contributed by atoms with Gasteiger partial charge >= 0.3 is 0 Å². The van der Waals surface area contributed by atoms with E-state index in [0.29, 0.717) is 0 Å². The zero-order valence-electron chi connectivity index (χ0n) is 13.2. The van der Waals surface area contributed by atoms with E-state index in [1.165, 1.54) is 25.1 Å². The van der Waals surface area contributed by atoms with Crippen LogP contribution < -0.4 is 4.74 Å². The van der Waals surface area contributed by atoms with Gasteiger partial charge in [-0.1, -0.05) is 30.3 Å². The fourth-order valence-corrected chi connectivity index (χ4v) is 2.85. The summed E-state index contributed by atoms with van der Waals surface area (Å²) in [6.45, 7) is 5.67. The molecular weight excluding hydrogens is 272 g/mol. The van der Waals surface area contributed by atoms with Crippen molar-refractivity contribution < 1.29 is 4.74 Å². The Morgan fingerprint density at radius 2 is 1.68 bits per heavy atom. The Bertz CT molecular complexity index is 585. The molecule has 0 atom stereocenters. The van der Waals surface area contributed by atoms with E-state index in [2.05, 4.69) is 35.0 Å². The largest absolute Gasteiger partial charge is 0.457 e. The van der Waals surface area contributed by atoms with Crippen LogP contribution in [-0.4, -0.2) is 43.0 Å². The van der Waals surface area contributed by atoms with Crippen molar-refractivity contribution in [2.45, 2.75) is 13.0 Å². The van der Waals surface area contributed by atoms with E-state index in [-0.39, 0.29) is 0 Å². The first-order valence-electron chi connectivity index (χ1n) is 8.02. The quantitative estimate of drug-likeness (QED) is 0.857. The summed E-state index contributed by atoms with van der Waals surface area (Å²) < 4.78 is 5.92. The van der Waals surface area contributed by atoms with Crippen LogP contribution in [0, 0.1) is 0 Å². The normalized spacial score (nSPS) is 17.1. The number of nitrogens with zero attached hydrogens (tertiary/aromatic N) is 2. The molecule has 1 fully saturated rings. The molecule has 3 heteroatoms. The Hall–Kier alpha value is -1.84. The highest BCUT2D eigenvalue weighted by atomic mass is 16.5. The Morgan fingerprint density at radius 1 is 0.864 bits per heavy atom. The standard InChI is InChI=1S/C19H24N2O/c1-20-11-6-12-21(14-13-20)16-17-7-5-10-19(15-17)22-18-8-3-2-4-9-18/h2-5,7-10,15H,6,11-14,16H2,1H3. The van der Waals surface area contributed by atoms with Crippen LogP contribution in [0.5, 0.6) is 11.5 Å². The molecule has 2 aromatic rings. The van der Waals surface area contributed by atoms with Crippen molar-refractivity contribution in [1.82, 2.24) is 9.80 Å². The van der Waals surface area contributed by atoms with Crippen molar-refractivity contribution in [3.8, 4) is 11.5 Å². The second-order valence-corrected chi connectivity index (χ2v) is 6.00. The first-order valence-corrected chi connectivity index (χ1v) is 8.02. The first-order chi connectivity index (χ1) is 10.8. The van der Waals surface area contributed by atoms with E-state index in [9.17, 15) is 0 Å². The summed E-state index contributed by atoms with van der Waals surface area (Å²) in [6.07, 6.45) is 1.25. The minimum atomic E-state index is 0.885. The highest BCUT2D eigenvalue weighted by molar-refractivity contribution is 5.33. The molecule has 0 saturated carbocycles. The molecule has 3 nitrogen and oxygen atoms in total. The van der Waals surface area contributed by atoms with Gasteiger partial charge in [0.15, 0.2) is 0 Å². The fraction of sp³-hybridized carbons (Fsp3) is 0.368. The van der Waals surface area contributed by atoms with Crippen molar-refractivity contribution in [1.29, 1.82) is 0 Å². The van der Waals surface area contributed by atoms with Gasteiger partial charge in [-0.15, -0.1) is 0 Å². The van der Waals surface area contributed by atoms with Crippen LogP contribution in [0.25, 0.3) is 0 Å². The van der Waals surface area contributed by atoms with Crippen LogP contribution in [0.4, 0.5) is 0 Å². The van der Waals surface area contributed by atoms with E-state index in [4.69, 9.17) is 4.74 Å². The molecule has 1 aliphatic heterocycles. The highest BCUT2D eigenvalue weighted by Crippen LogP contribution is 2.22. The molecule has 0 unspecified atom stereocenters. The predicted octanol–water partition coefficient (Wildman–Crippen LogP) is 3.62. The van der Waals surface area contributed by atoms with Crippen molar-refractivity contribution in [2.24, 2.45) is 0 Å². The molecule has 2 aromatic carbocycles. The summed E-state index contributed by atoms with van der Waals surface area (Å²) in [6, 6.07) is 18.4. The zero-order chi connectivity index (χ0) is 15.2. The molecule has 1 saturated heterocycles. The molecule has 3 rings (SSSR count). The molecule has 0 radical (unpaired) electrons. The van der Waals surface area contributed by atoms with Gasteiger partial charge < -0.3 is 9.64 Å². The van der Waals surface area contributed by atoms with E-state index in [1.807, 2.05) is 36.4 Å². The lowest BCUT2D eigenvalue weighted by Gasteiger charge is -2.20. The maximum Gasteiger partial charge on any atom is 0.127 e. The van der Waals surface area contributed by atoms with Gasteiger partial charge in [-0.3, -0.25) is 4.90 Å². The maximum absolute atomic E-state index is 5.92. The molecule has 116 valence electrons. The molecule has 1 heterocycles. The molecule has 1 aliphatic rings. The third-order valence-electron chi connectivity index (χ3n) is 4.10. The second-order valence-electron chi connectivity index (χ2n) is 6.00. The van der Waals surface area contributed by atoms with Crippen LogP contribution in [0.3, 0.4) is 0 Å². The van der Waals surface area contributed by atoms with Crippen molar-refractivity contribution >= 4 is 0 Å². The van der Waals surface area contributed by atoms with Crippen LogP contribution >= 0.6 is 0 Å². The van der Waals surface area contributed by atoms with Crippen LogP contribution in [-0.2, 0) is 6.54 Å². The molecule has 0 aromatic heterocycles. The Morgan fingerprint density at radius 3 is 2.55 bits per heavy atom. The van der Waals surface area contributed by atoms with E-state index in [1.54, 1.807) is 0 Å². The lowest BCUT2D eigenvalue weighted by Crippen LogP contribution is -2.28. The van der Waals surface area contributed by atoms with Gasteiger partial charge in [0.05, 0.1) is 0 Å². The van der Waals surface area contributed by atoms with Crippen molar-refractivity contribution in [3.05, 3.63) is 60.2 Å². The molecule has 0 bridgehead atoms. The van der Waals surface area contributed by atoms with Gasteiger partial charge in [0, 0.05) is 19.6 Å². The van der Waals surface area contributed by atoms with Crippen LogP contribution in [0.1, 0.15) is 12.0 Å². The first kappa shape index (κ1) is 15.1. The maximum atomic E-state index is 5.92. The smallest absolute Gasteiger partial charge is 0.127 e. The topological polar surface area (TPSA) is 15.7 Å². The van der Waals surface area contributed by atoms with Crippen LogP contribution in [0.15, 0.2) is 54.6 Å². The third-order valence-corrected chi connectivity index (χ3v) is 4.10. The van der Waals surface area contributed by atoms with Gasteiger partial charge in [-0.25, -0.2) is 0 Å². The molecular formula is C19H24N2O. The van der Waals surface area contributed by atoms with E-state index in [0.717, 1.165) is 31.1 Å². The monoisotopic (exact) mass is 296 g/mol. The van der Waals surface area contributed by atoms with Gasteiger partial charge in [0.1, 0.15) is 11.5 Å². The number of hydrogen-bond donors (Lipinski definition) is 0. The molecule has 0 N–H and O–H groups in total. The minimum Gasteiger partial charge on any atom is -0.457 e. The van der Waals surface area contributed by atoms with Gasteiger partial charge in [-0.2, -0.15) is 0 Å². The highest BCUT2D eigenvalue weighted by Gasteiger charge is 2.12. The number of ether oxygens (including phenoxy) is 1. The third kappa shape index (κ3) is 4.33. The average Bonchev–Trinajstić information content (AvgIpc) is 2.73. The molecule has 0 spiro atoms. The molecule has 22 heavy (non-hydrogen) atoms. The number of rotatable bonds is 4. The van der Waals surface area contributed by atoms with Gasteiger partial charge in [0.25, 0.3) is 0 Å². The van der Waals surface area contributed by atoms with Gasteiger partial charge in [0.2, 0.25) is 0 Å². The van der Waals surface area contributed by atoms with E-state index >= 15 is 0 Å². The van der Waals surface area contributed by atoms with Crippen LogP contribution in [0.2, 0.25) is 0 Å². The Balaban J connectivity index is 1.63. The molecule has 0 aliphatic carbocycles. The zero-order valence-corrected chi connectivity index (χ0v) is 13.2. The lowest BCUT2D eigenvalue weighted by molar-refractivity contribution is 0.269. The number of benzene rings is 2. The fourth-order valence-electron chi connectivity index (χ4n) is 2.85. The number of hydrogen-bond acceptors (Lipinski definition) is 3. The lowest BCUT2D eigenvalue weighted by atomic mass is 10.2.